The number of nitrogens with one attached hydrogen (secondary N) is 1. The van der Waals surface area contributed by atoms with Crippen molar-refractivity contribution < 1.29 is 17.9 Å². The van der Waals surface area contributed by atoms with Crippen LogP contribution in [0.2, 0.25) is 0 Å². The first kappa shape index (κ1) is 12.4. The number of carbonyl (C=O) groups is 1. The minimum absolute atomic E-state index is 0.0373. The first-order chi connectivity index (χ1) is 7.03. The normalized spacial score (nSPS) is 23.9. The van der Waals surface area contributed by atoms with Crippen molar-refractivity contribution >= 4 is 15.7 Å². The maximum absolute atomic E-state index is 11.2. The first-order valence-corrected chi connectivity index (χ1v) is 6.63. The van der Waals surface area contributed by atoms with Crippen molar-refractivity contribution in [3.63, 3.8) is 0 Å². The number of ether oxygens (including phenoxy) is 1. The van der Waals surface area contributed by atoms with E-state index < -0.39 is 9.84 Å². The van der Waals surface area contributed by atoms with Crippen LogP contribution in [0.5, 0.6) is 0 Å². The molecule has 1 saturated heterocycles. The maximum atomic E-state index is 11.2. The summed E-state index contributed by atoms with van der Waals surface area (Å²) < 4.78 is 27.1. The van der Waals surface area contributed by atoms with Gasteiger partial charge in [0.1, 0.15) is 6.61 Å². The van der Waals surface area contributed by atoms with Crippen molar-refractivity contribution in [2.75, 3.05) is 31.3 Å². The smallest absolute Gasteiger partial charge is 0.246 e. The highest BCUT2D eigenvalue weighted by molar-refractivity contribution is 7.91. The van der Waals surface area contributed by atoms with E-state index in [1.165, 1.54) is 0 Å². The predicted molar refractivity (Wildman–Crippen MR) is 55.1 cm³/mol. The molecule has 0 radical (unpaired) electrons. The van der Waals surface area contributed by atoms with Crippen molar-refractivity contribution in [2.45, 2.75) is 12.5 Å². The lowest BCUT2D eigenvalue weighted by Gasteiger charge is -2.10. The standard InChI is InChI=1S/C8H16N2O4S/c9-2-3-14-5-8(11)10-7-1-4-15(12,13)6-7/h7H,1-6,9H2,(H,10,11). The van der Waals surface area contributed by atoms with Gasteiger partial charge in [0.15, 0.2) is 9.84 Å². The van der Waals surface area contributed by atoms with Crippen molar-refractivity contribution in [1.82, 2.24) is 5.32 Å². The van der Waals surface area contributed by atoms with Crippen LogP contribution in [-0.2, 0) is 19.4 Å². The molecule has 1 amide bonds. The van der Waals surface area contributed by atoms with E-state index in [2.05, 4.69) is 5.32 Å². The average molecular weight is 236 g/mol. The van der Waals surface area contributed by atoms with E-state index in [0.717, 1.165) is 0 Å². The molecule has 0 aliphatic carbocycles. The second-order valence-electron chi connectivity index (χ2n) is 3.51. The molecule has 88 valence electrons. The zero-order valence-corrected chi connectivity index (χ0v) is 9.26. The number of sulfone groups is 1. The second-order valence-corrected chi connectivity index (χ2v) is 5.74. The van der Waals surface area contributed by atoms with Crippen LogP contribution >= 0.6 is 0 Å². The summed E-state index contributed by atoms with van der Waals surface area (Å²) in [5.41, 5.74) is 5.18. The minimum atomic E-state index is -2.94. The zero-order valence-electron chi connectivity index (χ0n) is 8.44. The number of amides is 1. The van der Waals surface area contributed by atoms with Crippen molar-refractivity contribution in [3.8, 4) is 0 Å². The third-order valence-electron chi connectivity index (χ3n) is 2.09. The van der Waals surface area contributed by atoms with Gasteiger partial charge in [-0.05, 0) is 6.42 Å². The SMILES string of the molecule is NCCOCC(=O)NC1CCS(=O)(=O)C1. The molecule has 0 spiro atoms. The largest absolute Gasteiger partial charge is 0.370 e. The van der Waals surface area contributed by atoms with Crippen LogP contribution < -0.4 is 11.1 Å². The molecule has 1 aliphatic rings. The molecule has 6 nitrogen and oxygen atoms in total. The molecule has 0 saturated carbocycles. The third-order valence-corrected chi connectivity index (χ3v) is 3.86. The Morgan fingerprint density at radius 2 is 2.27 bits per heavy atom. The van der Waals surface area contributed by atoms with Gasteiger partial charge in [0.2, 0.25) is 5.91 Å². The Bertz CT molecular complexity index is 315. The van der Waals surface area contributed by atoms with Crippen molar-refractivity contribution in [2.24, 2.45) is 5.73 Å². The van der Waals surface area contributed by atoms with E-state index >= 15 is 0 Å². The number of nitrogens with two attached hydrogens (primary N) is 1. The quantitative estimate of drug-likeness (QED) is 0.552. The number of hydrogen-bond donors (Lipinski definition) is 2. The summed E-state index contributed by atoms with van der Waals surface area (Å²) in [6.45, 7) is 0.634. The molecule has 1 fully saturated rings. The number of rotatable bonds is 5. The van der Waals surface area contributed by atoms with E-state index in [9.17, 15) is 13.2 Å². The van der Waals surface area contributed by atoms with Gasteiger partial charge in [-0.2, -0.15) is 0 Å². The van der Waals surface area contributed by atoms with Crippen LogP contribution in [-0.4, -0.2) is 51.6 Å². The summed E-state index contributed by atoms with van der Waals surface area (Å²) in [7, 11) is -2.94. The summed E-state index contributed by atoms with van der Waals surface area (Å²) in [6.07, 6.45) is 0.491. The van der Waals surface area contributed by atoms with Crippen LogP contribution in [0.4, 0.5) is 0 Å². The van der Waals surface area contributed by atoms with Gasteiger partial charge in [-0.3, -0.25) is 4.79 Å². The number of carbonyl (C=O) groups excluding carboxylic acids is 1. The topological polar surface area (TPSA) is 98.5 Å². The molecule has 3 N–H and O–H groups in total. The Kier molecular flexibility index (Phi) is 4.49. The fraction of sp³-hybridized carbons (Fsp3) is 0.875. The van der Waals surface area contributed by atoms with E-state index in [0.29, 0.717) is 19.6 Å². The Morgan fingerprint density at radius 3 is 2.80 bits per heavy atom. The fourth-order valence-electron chi connectivity index (χ4n) is 1.43. The summed E-state index contributed by atoms with van der Waals surface area (Å²) in [4.78, 5) is 11.2. The lowest BCUT2D eigenvalue weighted by molar-refractivity contribution is -0.126. The first-order valence-electron chi connectivity index (χ1n) is 4.81. The van der Waals surface area contributed by atoms with Crippen LogP contribution in [0, 0.1) is 0 Å². The Morgan fingerprint density at radius 1 is 1.53 bits per heavy atom. The van der Waals surface area contributed by atoms with Crippen molar-refractivity contribution in [3.05, 3.63) is 0 Å². The highest BCUT2D eigenvalue weighted by atomic mass is 32.2. The Balaban J connectivity index is 2.22. The highest BCUT2D eigenvalue weighted by Crippen LogP contribution is 2.10. The van der Waals surface area contributed by atoms with Crippen LogP contribution in [0.3, 0.4) is 0 Å². The number of hydrogen-bond acceptors (Lipinski definition) is 5. The molecule has 15 heavy (non-hydrogen) atoms. The lowest BCUT2D eigenvalue weighted by Crippen LogP contribution is -2.38. The summed E-state index contributed by atoms with van der Waals surface area (Å²) >= 11 is 0. The van der Waals surface area contributed by atoms with Crippen LogP contribution in [0.25, 0.3) is 0 Å². The van der Waals surface area contributed by atoms with E-state index in [1.54, 1.807) is 0 Å². The molecule has 0 bridgehead atoms. The van der Waals surface area contributed by atoms with Gasteiger partial charge in [-0.15, -0.1) is 0 Å². The molecule has 7 heteroatoms. The second kappa shape index (κ2) is 5.43. The third kappa shape index (κ3) is 4.59. The molecule has 0 aromatic rings. The monoisotopic (exact) mass is 236 g/mol. The molecule has 1 aliphatic heterocycles. The van der Waals surface area contributed by atoms with Gasteiger partial charge >= 0.3 is 0 Å². The molecule has 0 aromatic carbocycles. The summed E-state index contributed by atoms with van der Waals surface area (Å²) in [5, 5.41) is 2.61. The van der Waals surface area contributed by atoms with Gasteiger partial charge < -0.3 is 15.8 Å². The molecule has 1 rings (SSSR count). The van der Waals surface area contributed by atoms with Gasteiger partial charge in [0.25, 0.3) is 0 Å². The Labute approximate surface area is 89.1 Å². The van der Waals surface area contributed by atoms with Crippen molar-refractivity contribution in [1.29, 1.82) is 0 Å². The minimum Gasteiger partial charge on any atom is -0.370 e. The van der Waals surface area contributed by atoms with Crippen LogP contribution in [0.1, 0.15) is 6.42 Å². The predicted octanol–water partition coefficient (Wildman–Crippen LogP) is -1.73. The van der Waals surface area contributed by atoms with Gasteiger partial charge in [0.05, 0.1) is 18.1 Å². The molecular weight excluding hydrogens is 220 g/mol. The summed E-state index contributed by atoms with van der Waals surface area (Å²) in [5.74, 6) is -0.0948. The highest BCUT2D eigenvalue weighted by Gasteiger charge is 2.28. The Hall–Kier alpha value is -0.660. The van der Waals surface area contributed by atoms with E-state index in [4.69, 9.17) is 10.5 Å². The van der Waals surface area contributed by atoms with Gasteiger partial charge in [0, 0.05) is 12.6 Å². The molecule has 1 heterocycles. The van der Waals surface area contributed by atoms with E-state index in [-0.39, 0.29) is 30.1 Å². The van der Waals surface area contributed by atoms with E-state index in [1.807, 2.05) is 0 Å². The molecular formula is C8H16N2O4S. The lowest BCUT2D eigenvalue weighted by atomic mass is 10.2. The van der Waals surface area contributed by atoms with Crippen LogP contribution in [0.15, 0.2) is 0 Å². The summed E-state index contributed by atoms with van der Waals surface area (Å²) in [6, 6.07) is -0.260. The average Bonchev–Trinajstić information content (AvgIpc) is 2.46. The maximum Gasteiger partial charge on any atom is 0.246 e. The molecule has 1 unspecified atom stereocenters. The molecule has 1 atom stereocenters. The van der Waals surface area contributed by atoms with Gasteiger partial charge in [-0.1, -0.05) is 0 Å². The fourth-order valence-corrected chi connectivity index (χ4v) is 3.10. The molecule has 0 aromatic heterocycles. The van der Waals surface area contributed by atoms with Gasteiger partial charge in [-0.25, -0.2) is 8.42 Å². The zero-order chi connectivity index (χ0) is 11.3.